The first-order valence-electron chi connectivity index (χ1n) is 14.2. The second-order valence-electron chi connectivity index (χ2n) is 11.5. The molecule has 0 aromatic heterocycles. The minimum atomic E-state index is -1.24. The number of rotatable bonds is 4. The van der Waals surface area contributed by atoms with E-state index in [0.29, 0.717) is 11.4 Å². The molecule has 42 heavy (non-hydrogen) atoms. The first kappa shape index (κ1) is 24.9. The first-order valence-corrected chi connectivity index (χ1v) is 14.2. The number of hydrogen-bond acceptors (Lipinski definition) is 5. The summed E-state index contributed by atoms with van der Waals surface area (Å²) in [6.45, 7) is 0. The van der Waals surface area contributed by atoms with Gasteiger partial charge in [0.05, 0.1) is 46.1 Å². The number of hydrogen-bond donors (Lipinski definition) is 0. The number of carbonyl (C=O) groups is 4. The summed E-state index contributed by atoms with van der Waals surface area (Å²) < 4.78 is 0. The van der Waals surface area contributed by atoms with Crippen LogP contribution in [0.1, 0.15) is 11.1 Å². The van der Waals surface area contributed by atoms with Gasteiger partial charge in [0, 0.05) is 0 Å². The summed E-state index contributed by atoms with van der Waals surface area (Å²) in [5.74, 6) is -4.91. The van der Waals surface area contributed by atoms with Gasteiger partial charge >= 0.3 is 0 Å². The van der Waals surface area contributed by atoms with Crippen LogP contribution in [0.25, 0.3) is 0 Å². The Morgan fingerprint density at radius 1 is 0.429 bits per heavy atom. The van der Waals surface area contributed by atoms with E-state index in [9.17, 15) is 19.2 Å². The second-order valence-corrected chi connectivity index (χ2v) is 11.5. The predicted molar refractivity (Wildman–Crippen MR) is 156 cm³/mol. The highest BCUT2D eigenvalue weighted by Gasteiger charge is 2.88. The number of fused-ring (bicyclic) bond motifs is 8. The van der Waals surface area contributed by atoms with Crippen LogP contribution in [0.15, 0.2) is 121 Å². The summed E-state index contributed by atoms with van der Waals surface area (Å²) in [6.07, 6.45) is 0. The average molecular weight is 554 g/mol. The van der Waals surface area contributed by atoms with E-state index in [2.05, 4.69) is 0 Å². The van der Waals surface area contributed by atoms with Gasteiger partial charge in [-0.2, -0.15) is 0 Å². The van der Waals surface area contributed by atoms with Gasteiger partial charge in [-0.25, -0.2) is 9.80 Å². The maximum atomic E-state index is 14.7. The lowest BCUT2D eigenvalue weighted by molar-refractivity contribution is -0.133. The molecule has 4 aliphatic heterocycles. The zero-order chi connectivity index (χ0) is 28.8. The lowest BCUT2D eigenvalue weighted by atomic mass is 9.55. The molecule has 0 saturated carbocycles. The monoisotopic (exact) mass is 553 g/mol. The van der Waals surface area contributed by atoms with E-state index in [-0.39, 0.29) is 23.6 Å². The molecule has 4 saturated heterocycles. The molecule has 4 aliphatic rings. The van der Waals surface area contributed by atoms with Crippen molar-refractivity contribution in [2.45, 2.75) is 11.1 Å². The smallest absolute Gasteiger partial charge is 0.240 e. The van der Waals surface area contributed by atoms with Crippen molar-refractivity contribution in [2.75, 3.05) is 16.8 Å². The molecule has 206 valence electrons. The van der Waals surface area contributed by atoms with Crippen molar-refractivity contribution >= 4 is 35.0 Å². The molecular weight excluding hydrogens is 526 g/mol. The van der Waals surface area contributed by atoms with Crippen molar-refractivity contribution in [1.29, 1.82) is 0 Å². The lowest BCUT2D eigenvalue weighted by Crippen LogP contribution is -2.53. The Labute approximate surface area is 243 Å². The van der Waals surface area contributed by atoms with Crippen LogP contribution in [0.2, 0.25) is 0 Å². The average Bonchev–Trinajstić information content (AvgIpc) is 3.64. The van der Waals surface area contributed by atoms with Gasteiger partial charge in [-0.1, -0.05) is 97.1 Å². The summed E-state index contributed by atoms with van der Waals surface area (Å²) in [6, 6.07) is 36.9. The standard InChI is InChI=1S/C35H27N3O4/c1-36-34(22-14-6-2-7-15-22)26-28(32(41)37(30(26)39)24-18-10-4-11-19-24)35(36,23-16-8-3-9-17-23)29-27(34)31(40)38(33(29)42)25-20-12-5-13-21-25/h2-21,26-29H,1H3/t26-,27-,28+,29+,34?,35?. The van der Waals surface area contributed by atoms with Crippen LogP contribution in [0.5, 0.6) is 0 Å². The van der Waals surface area contributed by atoms with Crippen molar-refractivity contribution in [3.05, 3.63) is 132 Å². The van der Waals surface area contributed by atoms with Crippen LogP contribution >= 0.6 is 0 Å². The molecule has 0 aliphatic carbocycles. The minimum Gasteiger partial charge on any atom is -0.284 e. The summed E-state index contributed by atoms with van der Waals surface area (Å²) in [5.41, 5.74) is 0.00544. The van der Waals surface area contributed by atoms with Gasteiger partial charge in [0.25, 0.3) is 0 Å². The molecule has 0 N–H and O–H groups in total. The Morgan fingerprint density at radius 2 is 0.690 bits per heavy atom. The second kappa shape index (κ2) is 8.57. The van der Waals surface area contributed by atoms with Gasteiger partial charge in [-0.05, 0) is 42.4 Å². The molecule has 0 radical (unpaired) electrons. The van der Waals surface area contributed by atoms with Gasteiger partial charge in [0.1, 0.15) is 0 Å². The van der Waals surface area contributed by atoms with Gasteiger partial charge in [0.15, 0.2) is 0 Å². The molecule has 7 nitrogen and oxygen atoms in total. The van der Waals surface area contributed by atoms with Crippen LogP contribution in [0.4, 0.5) is 11.4 Å². The van der Waals surface area contributed by atoms with E-state index in [1.807, 2.05) is 84.7 Å². The Balaban J connectivity index is 1.46. The van der Waals surface area contributed by atoms with Gasteiger partial charge in [-0.3, -0.25) is 24.1 Å². The third kappa shape index (κ3) is 2.70. The van der Waals surface area contributed by atoms with Crippen LogP contribution < -0.4 is 9.80 Å². The largest absolute Gasteiger partial charge is 0.284 e. The number of para-hydroxylation sites is 2. The van der Waals surface area contributed by atoms with Gasteiger partial charge in [-0.15, -0.1) is 0 Å². The molecule has 4 heterocycles. The quantitative estimate of drug-likeness (QED) is 0.351. The normalized spacial score (nSPS) is 31.6. The van der Waals surface area contributed by atoms with Crippen LogP contribution in [-0.4, -0.2) is 35.6 Å². The SMILES string of the molecule is CN1C2(c3ccccc3)[C@@H]3C(=O)N(c4ccccc4)C(=O)[C@@H]3C1(c1ccccc1)[C@H]1C(=O)N(c3ccccc3)C(=O)[C@H]12. The van der Waals surface area contributed by atoms with E-state index in [0.717, 1.165) is 11.1 Å². The molecule has 0 spiro atoms. The predicted octanol–water partition coefficient (Wildman–Crippen LogP) is 4.35. The Bertz CT molecular complexity index is 1580. The first-order chi connectivity index (χ1) is 20.5. The fraction of sp³-hybridized carbons (Fsp3) is 0.200. The number of benzene rings is 4. The fourth-order valence-corrected chi connectivity index (χ4v) is 8.82. The van der Waals surface area contributed by atoms with Crippen LogP contribution in [0.3, 0.4) is 0 Å². The van der Waals surface area contributed by atoms with Crippen molar-refractivity contribution in [2.24, 2.45) is 23.7 Å². The molecule has 4 fully saturated rings. The fourth-order valence-electron chi connectivity index (χ4n) is 8.82. The lowest BCUT2D eigenvalue weighted by Gasteiger charge is -2.42. The van der Waals surface area contributed by atoms with E-state index in [1.54, 1.807) is 48.5 Å². The number of nitrogens with zero attached hydrogens (tertiary/aromatic N) is 3. The van der Waals surface area contributed by atoms with E-state index in [4.69, 9.17) is 0 Å². The maximum absolute atomic E-state index is 14.7. The molecule has 0 unspecified atom stereocenters. The van der Waals surface area contributed by atoms with Crippen molar-refractivity contribution in [3.63, 3.8) is 0 Å². The molecule has 4 aromatic carbocycles. The van der Waals surface area contributed by atoms with Crippen LogP contribution in [-0.2, 0) is 30.3 Å². The number of imide groups is 2. The number of carbonyl (C=O) groups excluding carboxylic acids is 4. The Hall–Kier alpha value is -4.88. The highest BCUT2D eigenvalue weighted by Crippen LogP contribution is 2.75. The van der Waals surface area contributed by atoms with Crippen molar-refractivity contribution in [3.8, 4) is 0 Å². The minimum absolute atomic E-state index is 0.346. The highest BCUT2D eigenvalue weighted by atomic mass is 16.2. The van der Waals surface area contributed by atoms with Crippen LogP contribution in [0, 0.1) is 23.7 Å². The Morgan fingerprint density at radius 3 is 0.976 bits per heavy atom. The van der Waals surface area contributed by atoms with E-state index >= 15 is 0 Å². The van der Waals surface area contributed by atoms with Crippen molar-refractivity contribution in [1.82, 2.24) is 4.90 Å². The summed E-state index contributed by atoms with van der Waals surface area (Å²) >= 11 is 0. The number of anilines is 2. The highest BCUT2D eigenvalue weighted by molar-refractivity contribution is 6.28. The zero-order valence-corrected chi connectivity index (χ0v) is 22.8. The molecule has 7 heteroatoms. The Kier molecular flexibility index (Phi) is 5.07. The summed E-state index contributed by atoms with van der Waals surface area (Å²) in [7, 11) is 1.89. The van der Waals surface area contributed by atoms with E-state index in [1.165, 1.54) is 9.80 Å². The molecule has 2 bridgehead atoms. The van der Waals surface area contributed by atoms with E-state index < -0.39 is 34.7 Å². The zero-order valence-electron chi connectivity index (χ0n) is 22.8. The summed E-state index contributed by atoms with van der Waals surface area (Å²) in [4.78, 5) is 63.3. The van der Waals surface area contributed by atoms with Gasteiger partial charge in [0.2, 0.25) is 23.6 Å². The topological polar surface area (TPSA) is 78.0 Å². The third-order valence-electron chi connectivity index (χ3n) is 10.1. The molecule has 4 amide bonds. The maximum Gasteiger partial charge on any atom is 0.240 e. The third-order valence-corrected chi connectivity index (χ3v) is 10.1. The molecular formula is C35H27N3O4. The molecule has 4 atom stereocenters. The number of amides is 4. The molecule has 8 rings (SSSR count). The van der Waals surface area contributed by atoms with Gasteiger partial charge < -0.3 is 0 Å². The van der Waals surface area contributed by atoms with Crippen molar-refractivity contribution < 1.29 is 19.2 Å². The molecule has 4 aromatic rings. The summed E-state index contributed by atoms with van der Waals surface area (Å²) in [5, 5.41) is 0.